The van der Waals surface area contributed by atoms with Gasteiger partial charge in [0.2, 0.25) is 5.91 Å². The first-order valence-corrected chi connectivity index (χ1v) is 8.52. The Bertz CT molecular complexity index is 768. The summed E-state index contributed by atoms with van der Waals surface area (Å²) in [7, 11) is 0. The Balaban J connectivity index is 1.64. The zero-order valence-electron chi connectivity index (χ0n) is 13.4. The minimum atomic E-state index is -0.160. The normalized spacial score (nSPS) is 32.7. The average molecular weight is 307 g/mol. The van der Waals surface area contributed by atoms with Gasteiger partial charge in [-0.15, -0.1) is 0 Å². The molecule has 4 aliphatic heterocycles. The standard InChI is InChI=1S/C19H21N3O/c1-19-15-9-10-17(21(19)13-12-20-11-5-8-16(19)20)22(18(15)23)14-6-3-2-4-7-14/h2-8,11,15,17H,9-10,12-13H2,1H3/t15-,17-,19-/m1/s1. The molecule has 3 fully saturated rings. The molecular formula is C19H21N3O. The maximum absolute atomic E-state index is 13.3. The molecule has 2 bridgehead atoms. The molecule has 0 unspecified atom stereocenters. The molecule has 5 heterocycles. The highest BCUT2D eigenvalue weighted by Gasteiger charge is 2.60. The summed E-state index contributed by atoms with van der Waals surface area (Å²) in [6.07, 6.45) is 4.40. The van der Waals surface area contributed by atoms with Crippen LogP contribution in [0.3, 0.4) is 0 Å². The van der Waals surface area contributed by atoms with E-state index in [-0.39, 0.29) is 17.6 Å². The van der Waals surface area contributed by atoms with E-state index in [1.807, 2.05) is 18.2 Å². The highest BCUT2D eigenvalue weighted by Crippen LogP contribution is 2.52. The van der Waals surface area contributed by atoms with Crippen LogP contribution >= 0.6 is 0 Å². The number of benzene rings is 1. The SMILES string of the molecule is C[C@@]12c3cccn3CCN1[C@H]1CC[C@@H]2C(=O)N1c1ccccc1. The monoisotopic (exact) mass is 307 g/mol. The van der Waals surface area contributed by atoms with Gasteiger partial charge in [-0.3, -0.25) is 14.6 Å². The van der Waals surface area contributed by atoms with Gasteiger partial charge in [0.25, 0.3) is 0 Å². The fourth-order valence-corrected chi connectivity index (χ4v) is 5.09. The number of piperidine rings is 2. The molecule has 1 aromatic heterocycles. The number of carbonyl (C=O) groups excluding carboxylic acids is 1. The van der Waals surface area contributed by atoms with Crippen molar-refractivity contribution in [3.05, 3.63) is 54.4 Å². The smallest absolute Gasteiger partial charge is 0.233 e. The van der Waals surface area contributed by atoms with Crippen LogP contribution in [0.5, 0.6) is 0 Å². The van der Waals surface area contributed by atoms with Gasteiger partial charge < -0.3 is 4.57 Å². The van der Waals surface area contributed by atoms with E-state index in [0.29, 0.717) is 5.91 Å². The average Bonchev–Trinajstić information content (AvgIpc) is 3.06. The van der Waals surface area contributed by atoms with E-state index in [0.717, 1.165) is 31.6 Å². The Kier molecular flexibility index (Phi) is 2.61. The largest absolute Gasteiger partial charge is 0.348 e. The van der Waals surface area contributed by atoms with Crippen LogP contribution in [0.2, 0.25) is 0 Å². The third kappa shape index (κ3) is 1.57. The number of aromatic nitrogens is 1. The molecule has 0 saturated carbocycles. The maximum Gasteiger partial charge on any atom is 0.233 e. The predicted octanol–water partition coefficient (Wildman–Crippen LogP) is 2.80. The Morgan fingerprint density at radius 3 is 2.70 bits per heavy atom. The topological polar surface area (TPSA) is 28.5 Å². The number of rotatable bonds is 1. The van der Waals surface area contributed by atoms with Crippen molar-refractivity contribution in [1.82, 2.24) is 9.47 Å². The Morgan fingerprint density at radius 2 is 1.87 bits per heavy atom. The summed E-state index contributed by atoms with van der Waals surface area (Å²) in [5.74, 6) is 0.336. The second-order valence-corrected chi connectivity index (χ2v) is 7.08. The van der Waals surface area contributed by atoms with E-state index in [2.05, 4.69) is 51.8 Å². The van der Waals surface area contributed by atoms with Crippen molar-refractivity contribution in [3.63, 3.8) is 0 Å². The molecule has 4 heteroatoms. The van der Waals surface area contributed by atoms with Crippen molar-refractivity contribution in [3.8, 4) is 0 Å². The lowest BCUT2D eigenvalue weighted by atomic mass is 9.69. The third-order valence-electron chi connectivity index (χ3n) is 6.15. The molecule has 2 aromatic rings. The van der Waals surface area contributed by atoms with Crippen molar-refractivity contribution >= 4 is 11.6 Å². The lowest BCUT2D eigenvalue weighted by molar-refractivity contribution is -0.151. The van der Waals surface area contributed by atoms with Gasteiger partial charge in [0.15, 0.2) is 0 Å². The van der Waals surface area contributed by atoms with E-state index in [1.54, 1.807) is 0 Å². The van der Waals surface area contributed by atoms with Crippen LogP contribution in [0, 0.1) is 5.92 Å². The number of para-hydroxylation sites is 1. The van der Waals surface area contributed by atoms with Gasteiger partial charge in [0, 0.05) is 30.7 Å². The summed E-state index contributed by atoms with van der Waals surface area (Å²) in [5.41, 5.74) is 2.18. The molecule has 4 aliphatic rings. The first-order chi connectivity index (χ1) is 11.2. The van der Waals surface area contributed by atoms with E-state index < -0.39 is 0 Å². The van der Waals surface area contributed by atoms with Gasteiger partial charge in [0.05, 0.1) is 17.6 Å². The van der Waals surface area contributed by atoms with Crippen LogP contribution < -0.4 is 4.90 Å². The Morgan fingerprint density at radius 1 is 1.04 bits per heavy atom. The molecule has 4 nitrogen and oxygen atoms in total. The number of anilines is 1. The van der Waals surface area contributed by atoms with Crippen LogP contribution in [-0.4, -0.2) is 28.1 Å². The summed E-state index contributed by atoms with van der Waals surface area (Å²) in [6, 6.07) is 14.5. The maximum atomic E-state index is 13.3. The third-order valence-corrected chi connectivity index (χ3v) is 6.15. The van der Waals surface area contributed by atoms with Crippen molar-refractivity contribution in [2.45, 2.75) is 38.0 Å². The number of hydrogen-bond donors (Lipinski definition) is 0. The first kappa shape index (κ1) is 13.4. The van der Waals surface area contributed by atoms with Crippen LogP contribution in [0.4, 0.5) is 5.69 Å². The first-order valence-electron chi connectivity index (χ1n) is 8.52. The molecule has 6 rings (SSSR count). The van der Waals surface area contributed by atoms with Crippen molar-refractivity contribution in [2.24, 2.45) is 5.92 Å². The summed E-state index contributed by atoms with van der Waals surface area (Å²) in [6.45, 7) is 4.29. The zero-order valence-corrected chi connectivity index (χ0v) is 13.4. The summed E-state index contributed by atoms with van der Waals surface area (Å²) < 4.78 is 2.33. The van der Waals surface area contributed by atoms with E-state index in [1.165, 1.54) is 5.69 Å². The van der Waals surface area contributed by atoms with Gasteiger partial charge in [-0.25, -0.2) is 0 Å². The predicted molar refractivity (Wildman–Crippen MR) is 88.9 cm³/mol. The number of hydrogen-bond acceptors (Lipinski definition) is 2. The molecule has 23 heavy (non-hydrogen) atoms. The molecular weight excluding hydrogens is 286 g/mol. The Labute approximate surface area is 136 Å². The zero-order chi connectivity index (χ0) is 15.6. The Hall–Kier alpha value is -2.07. The van der Waals surface area contributed by atoms with Crippen LogP contribution in [0.25, 0.3) is 0 Å². The number of nitrogens with zero attached hydrogens (tertiary/aromatic N) is 3. The number of carbonyl (C=O) groups is 1. The van der Waals surface area contributed by atoms with Crippen molar-refractivity contribution in [2.75, 3.05) is 11.4 Å². The molecule has 3 atom stereocenters. The molecule has 1 aromatic carbocycles. The van der Waals surface area contributed by atoms with Crippen LogP contribution in [0.15, 0.2) is 48.7 Å². The van der Waals surface area contributed by atoms with Gasteiger partial charge in [-0.1, -0.05) is 18.2 Å². The van der Waals surface area contributed by atoms with E-state index >= 15 is 0 Å². The molecule has 0 aliphatic carbocycles. The van der Waals surface area contributed by atoms with Crippen molar-refractivity contribution < 1.29 is 4.79 Å². The fraction of sp³-hybridized carbons (Fsp3) is 0.421. The molecule has 3 saturated heterocycles. The second-order valence-electron chi connectivity index (χ2n) is 7.08. The van der Waals surface area contributed by atoms with Crippen LogP contribution in [0.1, 0.15) is 25.5 Å². The molecule has 0 spiro atoms. The highest BCUT2D eigenvalue weighted by molar-refractivity contribution is 5.98. The molecule has 0 radical (unpaired) electrons. The molecule has 1 amide bonds. The number of fused-ring (bicyclic) bond motifs is 3. The number of amides is 1. The lowest BCUT2D eigenvalue weighted by Crippen LogP contribution is -2.74. The second kappa shape index (κ2) is 4.48. The van der Waals surface area contributed by atoms with E-state index in [9.17, 15) is 4.79 Å². The molecule has 0 N–H and O–H groups in total. The summed E-state index contributed by atoms with van der Waals surface area (Å²) in [4.78, 5) is 17.9. The minimum Gasteiger partial charge on any atom is -0.348 e. The van der Waals surface area contributed by atoms with Crippen molar-refractivity contribution in [1.29, 1.82) is 0 Å². The van der Waals surface area contributed by atoms with E-state index in [4.69, 9.17) is 0 Å². The minimum absolute atomic E-state index is 0.0432. The lowest BCUT2D eigenvalue weighted by Gasteiger charge is -2.62. The summed E-state index contributed by atoms with van der Waals surface area (Å²) >= 11 is 0. The highest BCUT2D eigenvalue weighted by atomic mass is 16.2. The fourth-order valence-electron chi connectivity index (χ4n) is 5.09. The molecule has 118 valence electrons. The van der Waals surface area contributed by atoms with Crippen LogP contribution in [-0.2, 0) is 16.9 Å². The van der Waals surface area contributed by atoms with Gasteiger partial charge >= 0.3 is 0 Å². The van der Waals surface area contributed by atoms with Gasteiger partial charge in [0.1, 0.15) is 0 Å². The summed E-state index contributed by atoms with van der Waals surface area (Å²) in [5, 5.41) is 0. The van der Waals surface area contributed by atoms with Gasteiger partial charge in [-0.2, -0.15) is 0 Å². The van der Waals surface area contributed by atoms with Gasteiger partial charge in [-0.05, 0) is 44.0 Å². The quantitative estimate of drug-likeness (QED) is 0.810.